The van der Waals surface area contributed by atoms with Gasteiger partial charge in [0.1, 0.15) is 5.75 Å². The molecular formula is C24H26N2O3. The van der Waals surface area contributed by atoms with Crippen molar-refractivity contribution < 1.29 is 14.3 Å². The number of amides is 1. The minimum absolute atomic E-state index is 0.0285. The van der Waals surface area contributed by atoms with E-state index in [9.17, 15) is 4.79 Å². The topological polar surface area (TPSA) is 42.0 Å². The summed E-state index contributed by atoms with van der Waals surface area (Å²) in [6, 6.07) is 22.4. The maximum Gasteiger partial charge on any atom is 0.260 e. The Morgan fingerprint density at radius 2 is 1.72 bits per heavy atom. The number of anilines is 1. The van der Waals surface area contributed by atoms with Gasteiger partial charge < -0.3 is 19.3 Å². The molecule has 1 amide bonds. The fraction of sp³-hybridized carbons (Fsp3) is 0.292. The highest BCUT2D eigenvalue weighted by molar-refractivity contribution is 5.84. The first-order valence-electron chi connectivity index (χ1n) is 9.96. The second kappa shape index (κ2) is 8.97. The van der Waals surface area contributed by atoms with E-state index in [4.69, 9.17) is 9.47 Å². The molecule has 1 heterocycles. The third kappa shape index (κ3) is 4.87. The summed E-state index contributed by atoms with van der Waals surface area (Å²) in [5.41, 5.74) is 2.30. The fourth-order valence-corrected chi connectivity index (χ4v) is 3.51. The molecule has 0 spiro atoms. The average Bonchev–Trinajstić information content (AvgIpc) is 2.78. The summed E-state index contributed by atoms with van der Waals surface area (Å²) in [5.74, 6) is 0.663. The van der Waals surface area contributed by atoms with E-state index in [0.29, 0.717) is 12.3 Å². The van der Waals surface area contributed by atoms with Crippen LogP contribution in [0.25, 0.3) is 10.8 Å². The van der Waals surface area contributed by atoms with E-state index in [0.717, 1.165) is 42.6 Å². The second-order valence-electron chi connectivity index (χ2n) is 7.31. The van der Waals surface area contributed by atoms with Crippen molar-refractivity contribution in [1.82, 2.24) is 4.90 Å². The molecule has 1 fully saturated rings. The van der Waals surface area contributed by atoms with Crippen molar-refractivity contribution in [3.05, 3.63) is 72.3 Å². The molecule has 5 nitrogen and oxygen atoms in total. The molecule has 5 heteroatoms. The fourth-order valence-electron chi connectivity index (χ4n) is 3.51. The molecule has 29 heavy (non-hydrogen) atoms. The van der Waals surface area contributed by atoms with Gasteiger partial charge in [0.05, 0.1) is 13.2 Å². The van der Waals surface area contributed by atoms with Gasteiger partial charge in [-0.2, -0.15) is 0 Å². The first-order chi connectivity index (χ1) is 14.2. The summed E-state index contributed by atoms with van der Waals surface area (Å²) < 4.78 is 11.1. The van der Waals surface area contributed by atoms with Gasteiger partial charge in [-0.15, -0.1) is 0 Å². The molecule has 3 aromatic rings. The monoisotopic (exact) mass is 390 g/mol. The number of fused-ring (bicyclic) bond motifs is 1. The predicted octanol–water partition coefficient (Wildman–Crippen LogP) is 3.71. The number of likely N-dealkylation sites (N-methyl/N-ethyl adjacent to an activating group) is 1. The molecule has 0 unspecified atom stereocenters. The van der Waals surface area contributed by atoms with Gasteiger partial charge in [0.25, 0.3) is 5.91 Å². The molecule has 0 aromatic heterocycles. The summed E-state index contributed by atoms with van der Waals surface area (Å²) in [6.45, 7) is 3.98. The lowest BCUT2D eigenvalue weighted by molar-refractivity contribution is -0.132. The van der Waals surface area contributed by atoms with Gasteiger partial charge in [-0.25, -0.2) is 0 Å². The molecule has 3 aromatic carbocycles. The van der Waals surface area contributed by atoms with Crippen molar-refractivity contribution in [2.75, 3.05) is 44.9 Å². The molecule has 1 aliphatic heterocycles. The number of hydrogen-bond acceptors (Lipinski definition) is 4. The van der Waals surface area contributed by atoms with E-state index < -0.39 is 0 Å². The number of ether oxygens (including phenoxy) is 2. The third-order valence-electron chi connectivity index (χ3n) is 5.24. The Morgan fingerprint density at radius 3 is 2.48 bits per heavy atom. The van der Waals surface area contributed by atoms with Gasteiger partial charge >= 0.3 is 0 Å². The van der Waals surface area contributed by atoms with Crippen LogP contribution in [0.3, 0.4) is 0 Å². The van der Waals surface area contributed by atoms with Gasteiger partial charge in [0.2, 0.25) is 0 Å². The average molecular weight is 390 g/mol. The minimum Gasteiger partial charge on any atom is -0.484 e. The molecule has 0 radical (unpaired) electrons. The maximum absolute atomic E-state index is 12.5. The van der Waals surface area contributed by atoms with Crippen LogP contribution in [0.15, 0.2) is 66.7 Å². The Labute approximate surface area is 171 Å². The zero-order chi connectivity index (χ0) is 20.1. The van der Waals surface area contributed by atoms with Crippen LogP contribution in [0.5, 0.6) is 5.75 Å². The number of carbonyl (C=O) groups excluding carboxylic acids is 1. The van der Waals surface area contributed by atoms with Crippen molar-refractivity contribution in [1.29, 1.82) is 0 Å². The van der Waals surface area contributed by atoms with Crippen molar-refractivity contribution >= 4 is 22.4 Å². The van der Waals surface area contributed by atoms with E-state index in [-0.39, 0.29) is 12.5 Å². The highest BCUT2D eigenvalue weighted by Gasteiger charge is 2.13. The second-order valence-corrected chi connectivity index (χ2v) is 7.31. The number of morpholine rings is 1. The molecule has 150 valence electrons. The van der Waals surface area contributed by atoms with Crippen LogP contribution in [0.2, 0.25) is 0 Å². The van der Waals surface area contributed by atoms with Gasteiger partial charge in [-0.1, -0.05) is 42.5 Å². The van der Waals surface area contributed by atoms with Crippen LogP contribution in [-0.4, -0.2) is 50.8 Å². The molecule has 1 saturated heterocycles. The molecule has 0 atom stereocenters. The lowest BCUT2D eigenvalue weighted by atomic mass is 10.1. The Morgan fingerprint density at radius 1 is 1.00 bits per heavy atom. The van der Waals surface area contributed by atoms with Crippen molar-refractivity contribution in [3.63, 3.8) is 0 Å². The minimum atomic E-state index is -0.0459. The number of rotatable bonds is 6. The van der Waals surface area contributed by atoms with Crippen LogP contribution >= 0.6 is 0 Å². The van der Waals surface area contributed by atoms with Crippen LogP contribution < -0.4 is 9.64 Å². The quantitative estimate of drug-likeness (QED) is 0.643. The molecule has 0 N–H and O–H groups in total. The zero-order valence-electron chi connectivity index (χ0n) is 16.7. The van der Waals surface area contributed by atoms with Crippen LogP contribution in [0.1, 0.15) is 5.56 Å². The molecule has 1 aliphatic rings. The van der Waals surface area contributed by atoms with E-state index in [1.54, 1.807) is 4.90 Å². The van der Waals surface area contributed by atoms with Crippen molar-refractivity contribution in [2.24, 2.45) is 0 Å². The lowest BCUT2D eigenvalue weighted by Gasteiger charge is -2.29. The van der Waals surface area contributed by atoms with Crippen LogP contribution in [0, 0.1) is 0 Å². The van der Waals surface area contributed by atoms with Gasteiger partial charge in [0, 0.05) is 32.4 Å². The van der Waals surface area contributed by atoms with E-state index in [2.05, 4.69) is 35.2 Å². The summed E-state index contributed by atoms with van der Waals surface area (Å²) in [4.78, 5) is 16.5. The van der Waals surface area contributed by atoms with Crippen molar-refractivity contribution in [3.8, 4) is 5.75 Å². The zero-order valence-corrected chi connectivity index (χ0v) is 16.7. The Balaban J connectivity index is 1.30. The standard InChI is InChI=1S/C24H26N2O3/c1-25(17-19-6-9-22(10-7-19)26-12-14-28-15-13-26)24(27)18-29-23-11-8-20-4-2-3-5-21(20)16-23/h2-11,16H,12-15,17-18H2,1H3. The summed E-state index contributed by atoms with van der Waals surface area (Å²) in [5, 5.41) is 2.26. The highest BCUT2D eigenvalue weighted by atomic mass is 16.5. The summed E-state index contributed by atoms with van der Waals surface area (Å²) in [6.07, 6.45) is 0. The number of carbonyl (C=O) groups is 1. The predicted molar refractivity (Wildman–Crippen MR) is 115 cm³/mol. The van der Waals surface area contributed by atoms with Gasteiger partial charge in [-0.3, -0.25) is 4.79 Å². The molecule has 4 rings (SSSR count). The number of nitrogens with zero attached hydrogens (tertiary/aromatic N) is 2. The number of hydrogen-bond donors (Lipinski definition) is 0. The Kier molecular flexibility index (Phi) is 5.96. The van der Waals surface area contributed by atoms with Gasteiger partial charge in [-0.05, 0) is 40.6 Å². The largest absolute Gasteiger partial charge is 0.484 e. The van der Waals surface area contributed by atoms with E-state index >= 15 is 0 Å². The first kappa shape index (κ1) is 19.3. The Hall–Kier alpha value is -3.05. The van der Waals surface area contributed by atoms with Crippen LogP contribution in [-0.2, 0) is 16.1 Å². The molecule has 0 bridgehead atoms. The third-order valence-corrected chi connectivity index (χ3v) is 5.24. The van der Waals surface area contributed by atoms with Crippen LogP contribution in [0.4, 0.5) is 5.69 Å². The highest BCUT2D eigenvalue weighted by Crippen LogP contribution is 2.21. The molecular weight excluding hydrogens is 364 g/mol. The van der Waals surface area contributed by atoms with Gasteiger partial charge in [0.15, 0.2) is 6.61 Å². The molecule has 0 saturated carbocycles. The SMILES string of the molecule is CN(Cc1ccc(N2CCOCC2)cc1)C(=O)COc1ccc2ccccc2c1. The summed E-state index contributed by atoms with van der Waals surface area (Å²) >= 11 is 0. The molecule has 0 aliphatic carbocycles. The normalized spacial score (nSPS) is 14.0. The van der Waals surface area contributed by atoms with Crippen molar-refractivity contribution in [2.45, 2.75) is 6.54 Å². The van der Waals surface area contributed by atoms with E-state index in [1.807, 2.05) is 43.4 Å². The summed E-state index contributed by atoms with van der Waals surface area (Å²) in [7, 11) is 1.81. The number of benzene rings is 3. The Bertz CT molecular complexity index is 965. The van der Waals surface area contributed by atoms with E-state index in [1.165, 1.54) is 5.69 Å². The maximum atomic E-state index is 12.5. The first-order valence-corrected chi connectivity index (χ1v) is 9.96. The lowest BCUT2D eigenvalue weighted by Crippen LogP contribution is -2.36. The smallest absolute Gasteiger partial charge is 0.260 e.